The third-order valence-electron chi connectivity index (χ3n) is 3.67. The molecule has 0 amide bonds. The molecule has 1 N–H and O–H groups in total. The van der Waals surface area contributed by atoms with Crippen molar-refractivity contribution < 1.29 is 0 Å². The van der Waals surface area contributed by atoms with Crippen LogP contribution in [0, 0.1) is 5.92 Å². The predicted molar refractivity (Wildman–Crippen MR) is 79.8 cm³/mol. The highest BCUT2D eigenvalue weighted by atomic mass is 32.1. The Hall–Kier alpha value is -0.670. The molecule has 1 heterocycles. The van der Waals surface area contributed by atoms with Crippen LogP contribution in [0.1, 0.15) is 51.1 Å². The van der Waals surface area contributed by atoms with Crippen LogP contribution < -0.4 is 5.32 Å². The fourth-order valence-corrected chi connectivity index (χ4v) is 3.19. The molecule has 1 saturated carbocycles. The molecule has 0 unspecified atom stereocenters. The molecule has 0 bridgehead atoms. The van der Waals surface area contributed by atoms with E-state index in [9.17, 15) is 0 Å². The smallest absolute Gasteiger partial charge is 0.0798 e. The maximum absolute atomic E-state index is 4.39. The molecule has 100 valence electrons. The third-order valence-corrected chi connectivity index (χ3v) is 4.27. The van der Waals surface area contributed by atoms with Gasteiger partial charge in [0.1, 0.15) is 0 Å². The molecule has 2 nitrogen and oxygen atoms in total. The first-order valence-electron chi connectivity index (χ1n) is 7.19. The molecule has 0 aliphatic heterocycles. The van der Waals surface area contributed by atoms with Gasteiger partial charge in [0.05, 0.1) is 11.2 Å². The number of nitrogens with zero attached hydrogens (tertiary/aromatic N) is 1. The molecule has 0 atom stereocenters. The predicted octanol–water partition coefficient (Wildman–Crippen LogP) is 4.11. The molecule has 0 spiro atoms. The highest BCUT2D eigenvalue weighted by molar-refractivity contribution is 7.07. The molecule has 1 aliphatic carbocycles. The second-order valence-electron chi connectivity index (χ2n) is 5.14. The van der Waals surface area contributed by atoms with Crippen molar-refractivity contribution in [3.8, 4) is 0 Å². The van der Waals surface area contributed by atoms with E-state index in [1.54, 1.807) is 16.9 Å². The summed E-state index contributed by atoms with van der Waals surface area (Å²) in [6.07, 6.45) is 10.5. The van der Waals surface area contributed by atoms with E-state index in [1.165, 1.54) is 38.5 Å². The van der Waals surface area contributed by atoms with Crippen molar-refractivity contribution in [2.75, 3.05) is 13.1 Å². The van der Waals surface area contributed by atoms with Crippen molar-refractivity contribution >= 4 is 17.4 Å². The van der Waals surface area contributed by atoms with E-state index in [-0.39, 0.29) is 0 Å². The Morgan fingerprint density at radius 2 is 2.28 bits per heavy atom. The molecule has 1 aromatic heterocycles. The van der Waals surface area contributed by atoms with Gasteiger partial charge in [-0.05, 0) is 37.8 Å². The van der Waals surface area contributed by atoms with Gasteiger partial charge < -0.3 is 5.32 Å². The van der Waals surface area contributed by atoms with E-state index in [1.807, 2.05) is 5.51 Å². The number of rotatable bonds is 6. The van der Waals surface area contributed by atoms with Crippen LogP contribution in [0.15, 0.2) is 16.5 Å². The maximum Gasteiger partial charge on any atom is 0.0798 e. The summed E-state index contributed by atoms with van der Waals surface area (Å²) in [6.45, 7) is 4.37. The first-order chi connectivity index (χ1) is 8.90. The minimum Gasteiger partial charge on any atom is -0.313 e. The summed E-state index contributed by atoms with van der Waals surface area (Å²) in [7, 11) is 0. The summed E-state index contributed by atoms with van der Waals surface area (Å²) in [5.41, 5.74) is 4.62. The van der Waals surface area contributed by atoms with E-state index in [4.69, 9.17) is 0 Å². The molecule has 2 rings (SSSR count). The van der Waals surface area contributed by atoms with E-state index < -0.39 is 0 Å². The van der Waals surface area contributed by atoms with Crippen LogP contribution in [-0.4, -0.2) is 18.1 Å². The van der Waals surface area contributed by atoms with Crippen molar-refractivity contribution in [2.24, 2.45) is 5.92 Å². The maximum atomic E-state index is 4.39. The first-order valence-corrected chi connectivity index (χ1v) is 8.13. The van der Waals surface area contributed by atoms with Crippen molar-refractivity contribution in [3.63, 3.8) is 0 Å². The van der Waals surface area contributed by atoms with Gasteiger partial charge in [0.2, 0.25) is 0 Å². The number of aromatic nitrogens is 1. The van der Waals surface area contributed by atoms with Crippen LogP contribution in [0.25, 0.3) is 6.08 Å². The average molecular weight is 264 g/mol. The van der Waals surface area contributed by atoms with Gasteiger partial charge in [0.15, 0.2) is 0 Å². The minimum absolute atomic E-state index is 0.782. The van der Waals surface area contributed by atoms with Gasteiger partial charge in [0.25, 0.3) is 0 Å². The summed E-state index contributed by atoms with van der Waals surface area (Å²) < 4.78 is 0. The highest BCUT2D eigenvalue weighted by Gasteiger charge is 2.17. The lowest BCUT2D eigenvalue weighted by Gasteiger charge is -2.25. The number of nitrogens with one attached hydrogen (secondary N) is 1. The average Bonchev–Trinajstić information content (AvgIpc) is 2.92. The van der Waals surface area contributed by atoms with Gasteiger partial charge in [-0.25, -0.2) is 4.98 Å². The second kappa shape index (κ2) is 7.70. The molecule has 1 aromatic rings. The van der Waals surface area contributed by atoms with E-state index in [0.29, 0.717) is 0 Å². The fourth-order valence-electron chi connectivity index (χ4n) is 2.68. The summed E-state index contributed by atoms with van der Waals surface area (Å²) in [5.74, 6) is 0.782. The number of thiazole rings is 1. The van der Waals surface area contributed by atoms with E-state index >= 15 is 0 Å². The molecule has 0 saturated heterocycles. The fraction of sp³-hybridized carbons (Fsp3) is 0.667. The van der Waals surface area contributed by atoms with Gasteiger partial charge in [-0.15, -0.1) is 11.3 Å². The van der Waals surface area contributed by atoms with Gasteiger partial charge in [-0.1, -0.05) is 31.8 Å². The standard InChI is InChI=1S/C15H24N2S/c1-2-8-16-10-14(9-15-11-18-12-17-15)13-6-4-3-5-7-13/h9,11-13,16H,2-8,10H2,1H3. The van der Waals surface area contributed by atoms with Crippen LogP contribution in [0.3, 0.4) is 0 Å². The Morgan fingerprint density at radius 1 is 1.44 bits per heavy atom. The van der Waals surface area contributed by atoms with Crippen LogP contribution in [0.2, 0.25) is 0 Å². The van der Waals surface area contributed by atoms with Gasteiger partial charge in [-0.3, -0.25) is 0 Å². The SMILES string of the molecule is CCCNCC(=Cc1cscn1)C1CCCCC1. The van der Waals surface area contributed by atoms with Crippen molar-refractivity contribution in [3.05, 3.63) is 22.2 Å². The molecule has 0 aromatic carbocycles. The summed E-state index contributed by atoms with van der Waals surface area (Å²) in [6, 6.07) is 0. The molecule has 1 aliphatic rings. The normalized spacial score (nSPS) is 18.2. The quantitative estimate of drug-likeness (QED) is 0.782. The van der Waals surface area contributed by atoms with Crippen molar-refractivity contribution in [2.45, 2.75) is 45.4 Å². The summed E-state index contributed by atoms with van der Waals surface area (Å²) >= 11 is 1.68. The molecule has 1 fully saturated rings. The summed E-state index contributed by atoms with van der Waals surface area (Å²) in [5, 5.41) is 5.69. The van der Waals surface area contributed by atoms with Crippen LogP contribution >= 0.6 is 11.3 Å². The Bertz CT molecular complexity index is 351. The second-order valence-corrected chi connectivity index (χ2v) is 5.86. The molecule has 0 radical (unpaired) electrons. The van der Waals surface area contributed by atoms with E-state index in [2.05, 4.69) is 28.7 Å². The summed E-state index contributed by atoms with van der Waals surface area (Å²) in [4.78, 5) is 4.39. The van der Waals surface area contributed by atoms with E-state index in [0.717, 1.165) is 24.7 Å². The Labute approximate surface area is 115 Å². The zero-order valence-corrected chi connectivity index (χ0v) is 12.1. The van der Waals surface area contributed by atoms with Crippen molar-refractivity contribution in [1.29, 1.82) is 0 Å². The number of hydrogen-bond donors (Lipinski definition) is 1. The van der Waals surface area contributed by atoms with Gasteiger partial charge >= 0.3 is 0 Å². The lowest BCUT2D eigenvalue weighted by molar-refractivity contribution is 0.396. The molecule has 18 heavy (non-hydrogen) atoms. The van der Waals surface area contributed by atoms with Crippen molar-refractivity contribution in [1.82, 2.24) is 10.3 Å². The lowest BCUT2D eigenvalue weighted by atomic mass is 9.83. The van der Waals surface area contributed by atoms with Crippen LogP contribution in [0.5, 0.6) is 0 Å². The largest absolute Gasteiger partial charge is 0.313 e. The van der Waals surface area contributed by atoms with Crippen LogP contribution in [-0.2, 0) is 0 Å². The molecular weight excluding hydrogens is 240 g/mol. The Morgan fingerprint density at radius 3 is 2.94 bits per heavy atom. The van der Waals surface area contributed by atoms with Gasteiger partial charge in [-0.2, -0.15) is 0 Å². The lowest BCUT2D eigenvalue weighted by Crippen LogP contribution is -2.23. The number of hydrogen-bond acceptors (Lipinski definition) is 3. The topological polar surface area (TPSA) is 24.9 Å². The Kier molecular flexibility index (Phi) is 5.88. The molecule has 3 heteroatoms. The van der Waals surface area contributed by atoms with Gasteiger partial charge in [0, 0.05) is 11.9 Å². The Balaban J connectivity index is 2.01. The third kappa shape index (κ3) is 4.21. The van der Waals surface area contributed by atoms with Crippen LogP contribution in [0.4, 0.5) is 0 Å². The monoisotopic (exact) mass is 264 g/mol. The highest BCUT2D eigenvalue weighted by Crippen LogP contribution is 2.30. The first kappa shape index (κ1) is 13.8. The zero-order valence-electron chi connectivity index (χ0n) is 11.3. The molecular formula is C15H24N2S. The zero-order chi connectivity index (χ0) is 12.6. The minimum atomic E-state index is 0.782.